The Labute approximate surface area is 174 Å². The number of nitrogens with one attached hydrogen (secondary N) is 1. The summed E-state index contributed by atoms with van der Waals surface area (Å²) in [6, 6.07) is 18.5. The summed E-state index contributed by atoms with van der Waals surface area (Å²) in [7, 11) is 0. The van der Waals surface area contributed by atoms with E-state index in [4.69, 9.17) is 4.98 Å². The van der Waals surface area contributed by atoms with Gasteiger partial charge in [0.2, 0.25) is 5.95 Å². The van der Waals surface area contributed by atoms with Crippen molar-refractivity contribution >= 4 is 34.8 Å². The van der Waals surface area contributed by atoms with Gasteiger partial charge in [-0.3, -0.25) is 9.78 Å². The Morgan fingerprint density at radius 1 is 1.03 bits per heavy atom. The van der Waals surface area contributed by atoms with Crippen molar-refractivity contribution in [3.8, 4) is 0 Å². The molecule has 0 saturated heterocycles. The molecule has 30 heavy (non-hydrogen) atoms. The topological polar surface area (TPSA) is 61.9 Å². The molecule has 0 amide bonds. The number of H-pyrrole nitrogens is 1. The second-order valence-corrected chi connectivity index (χ2v) is 7.73. The molecule has 5 rings (SSSR count). The van der Waals surface area contributed by atoms with Gasteiger partial charge in [-0.1, -0.05) is 54.6 Å². The van der Waals surface area contributed by atoms with Gasteiger partial charge in [0.1, 0.15) is 0 Å². The van der Waals surface area contributed by atoms with Crippen LogP contribution in [0.2, 0.25) is 0 Å². The average molecular weight is 394 g/mol. The smallest absolute Gasteiger partial charge is 0.262 e. The van der Waals surface area contributed by atoms with E-state index in [1.54, 1.807) is 6.20 Å². The Hall–Kier alpha value is -3.73. The number of para-hydroxylation sites is 1. The van der Waals surface area contributed by atoms with Crippen LogP contribution in [0.15, 0.2) is 65.6 Å². The van der Waals surface area contributed by atoms with Crippen LogP contribution >= 0.6 is 0 Å². The number of hydrogen-bond donors (Lipinski definition) is 1. The second-order valence-electron chi connectivity index (χ2n) is 7.73. The number of benzene rings is 2. The summed E-state index contributed by atoms with van der Waals surface area (Å²) in [5.74, 6) is 0.539. The molecule has 0 bridgehead atoms. The van der Waals surface area contributed by atoms with Crippen molar-refractivity contribution in [2.45, 2.75) is 26.3 Å². The third-order valence-electron chi connectivity index (χ3n) is 5.69. The quantitative estimate of drug-likeness (QED) is 0.538. The van der Waals surface area contributed by atoms with E-state index < -0.39 is 0 Å². The number of aryl methyl sites for hydroxylation is 1. The molecular weight excluding hydrogens is 372 g/mol. The Balaban J connectivity index is 1.60. The first-order valence-electron chi connectivity index (χ1n) is 10.1. The van der Waals surface area contributed by atoms with Crippen molar-refractivity contribution < 1.29 is 0 Å². The van der Waals surface area contributed by atoms with E-state index in [9.17, 15) is 4.79 Å². The highest BCUT2D eigenvalue weighted by Gasteiger charge is 2.28. The van der Waals surface area contributed by atoms with Gasteiger partial charge in [0, 0.05) is 17.9 Å². The summed E-state index contributed by atoms with van der Waals surface area (Å²) in [4.78, 5) is 27.3. The third kappa shape index (κ3) is 3.08. The number of anilines is 2. The monoisotopic (exact) mass is 394 g/mol. The zero-order valence-corrected chi connectivity index (χ0v) is 17.0. The lowest BCUT2D eigenvalue weighted by atomic mass is 10.1. The molecule has 0 fully saturated rings. The van der Waals surface area contributed by atoms with Crippen LogP contribution in [0.5, 0.6) is 0 Å². The van der Waals surface area contributed by atoms with Gasteiger partial charge in [0.15, 0.2) is 5.65 Å². The first-order valence-corrected chi connectivity index (χ1v) is 10.1. The Morgan fingerprint density at radius 2 is 1.80 bits per heavy atom. The predicted octanol–water partition coefficient (Wildman–Crippen LogP) is 4.88. The Bertz CT molecular complexity index is 1340. The number of pyridine rings is 1. The lowest BCUT2D eigenvalue weighted by molar-refractivity contribution is 0.740. The molecule has 1 atom stereocenters. The number of hydrogen-bond acceptors (Lipinski definition) is 4. The van der Waals surface area contributed by atoms with E-state index in [2.05, 4.69) is 53.0 Å². The van der Waals surface area contributed by atoms with Gasteiger partial charge in [0.05, 0.1) is 5.39 Å². The lowest BCUT2D eigenvalue weighted by Gasteiger charge is -2.23. The van der Waals surface area contributed by atoms with Crippen molar-refractivity contribution in [2.24, 2.45) is 0 Å². The van der Waals surface area contributed by atoms with Crippen molar-refractivity contribution in [3.63, 3.8) is 0 Å². The first kappa shape index (κ1) is 18.3. The molecule has 5 nitrogen and oxygen atoms in total. The van der Waals surface area contributed by atoms with Gasteiger partial charge >= 0.3 is 0 Å². The van der Waals surface area contributed by atoms with Crippen LogP contribution in [0.3, 0.4) is 0 Å². The molecule has 1 aliphatic rings. The summed E-state index contributed by atoms with van der Waals surface area (Å²) < 4.78 is 0. The van der Waals surface area contributed by atoms with Gasteiger partial charge in [-0.25, -0.2) is 4.98 Å². The standard InChI is InChI=1S/C25H22N4O/c1-16-7-3-4-8-18(16)11-12-19-13-14-26-23-22(19)24(30)28-25(27-23)29-17(2)15-20-9-5-6-10-21(20)29/h3-14,17H,15H2,1-2H3,(H,26,27,28,30)/b12-11+/t17-/m1/s1. The summed E-state index contributed by atoms with van der Waals surface area (Å²) in [6.07, 6.45) is 6.61. The molecule has 0 aliphatic carbocycles. The number of aromatic nitrogens is 3. The molecule has 0 spiro atoms. The van der Waals surface area contributed by atoms with E-state index in [1.807, 2.05) is 42.5 Å². The fraction of sp³-hybridized carbons (Fsp3) is 0.160. The van der Waals surface area contributed by atoms with Gasteiger partial charge < -0.3 is 4.90 Å². The number of nitrogens with zero attached hydrogens (tertiary/aromatic N) is 3. The molecule has 2 aromatic carbocycles. The van der Waals surface area contributed by atoms with Crippen LogP contribution in [0.4, 0.5) is 11.6 Å². The lowest BCUT2D eigenvalue weighted by Crippen LogP contribution is -2.28. The highest BCUT2D eigenvalue weighted by molar-refractivity contribution is 5.88. The maximum absolute atomic E-state index is 13.1. The van der Waals surface area contributed by atoms with Gasteiger partial charge in [0.25, 0.3) is 5.56 Å². The molecule has 1 aliphatic heterocycles. The molecule has 5 heteroatoms. The average Bonchev–Trinajstić information content (AvgIpc) is 3.08. The van der Waals surface area contributed by atoms with Crippen molar-refractivity contribution in [3.05, 3.63) is 93.4 Å². The first-order chi connectivity index (χ1) is 14.6. The number of fused-ring (bicyclic) bond motifs is 2. The van der Waals surface area contributed by atoms with Gasteiger partial charge in [-0.15, -0.1) is 0 Å². The van der Waals surface area contributed by atoms with E-state index in [1.165, 1.54) is 11.1 Å². The molecule has 0 radical (unpaired) electrons. The van der Waals surface area contributed by atoms with Crippen LogP contribution < -0.4 is 10.5 Å². The molecule has 0 saturated carbocycles. The van der Waals surface area contributed by atoms with Crippen molar-refractivity contribution in [1.82, 2.24) is 15.0 Å². The fourth-order valence-electron chi connectivity index (χ4n) is 4.17. The van der Waals surface area contributed by atoms with Crippen LogP contribution in [0.1, 0.15) is 29.2 Å². The molecule has 0 unspecified atom stereocenters. The van der Waals surface area contributed by atoms with E-state index in [0.717, 1.165) is 23.2 Å². The second kappa shape index (κ2) is 7.26. The maximum atomic E-state index is 13.1. The summed E-state index contributed by atoms with van der Waals surface area (Å²) in [6.45, 7) is 4.21. The van der Waals surface area contributed by atoms with Crippen LogP contribution in [0.25, 0.3) is 23.2 Å². The van der Waals surface area contributed by atoms with E-state index in [-0.39, 0.29) is 11.6 Å². The highest BCUT2D eigenvalue weighted by Crippen LogP contribution is 2.36. The molecular formula is C25H22N4O. The maximum Gasteiger partial charge on any atom is 0.262 e. The van der Waals surface area contributed by atoms with Gasteiger partial charge in [-0.2, -0.15) is 4.98 Å². The zero-order chi connectivity index (χ0) is 20.7. The molecule has 148 valence electrons. The summed E-state index contributed by atoms with van der Waals surface area (Å²) >= 11 is 0. The van der Waals surface area contributed by atoms with E-state index in [0.29, 0.717) is 17.0 Å². The van der Waals surface area contributed by atoms with Crippen LogP contribution in [0, 0.1) is 6.92 Å². The molecule has 2 aromatic heterocycles. The Kier molecular flexibility index (Phi) is 4.43. The summed E-state index contributed by atoms with van der Waals surface area (Å²) in [5.41, 5.74) is 5.73. The van der Waals surface area contributed by atoms with Crippen LogP contribution in [-0.4, -0.2) is 21.0 Å². The zero-order valence-electron chi connectivity index (χ0n) is 17.0. The largest absolute Gasteiger partial charge is 0.309 e. The van der Waals surface area contributed by atoms with Crippen molar-refractivity contribution in [1.29, 1.82) is 0 Å². The molecule has 3 heterocycles. The summed E-state index contributed by atoms with van der Waals surface area (Å²) in [5, 5.41) is 0.506. The molecule has 4 aromatic rings. The highest BCUT2D eigenvalue weighted by atomic mass is 16.1. The number of aromatic amines is 1. The Morgan fingerprint density at radius 3 is 2.67 bits per heavy atom. The van der Waals surface area contributed by atoms with Crippen LogP contribution in [-0.2, 0) is 6.42 Å². The predicted molar refractivity (Wildman–Crippen MR) is 122 cm³/mol. The minimum Gasteiger partial charge on any atom is -0.309 e. The SMILES string of the molecule is Cc1ccccc1/C=C/c1ccnc2nc(N3c4ccccc4C[C@H]3C)[nH]c(=O)c12. The molecule has 1 N–H and O–H groups in total. The third-order valence-corrected chi connectivity index (χ3v) is 5.69. The number of rotatable bonds is 3. The van der Waals surface area contributed by atoms with Crippen molar-refractivity contribution in [2.75, 3.05) is 4.90 Å². The minimum atomic E-state index is -0.177. The fourth-order valence-corrected chi connectivity index (χ4v) is 4.17. The minimum absolute atomic E-state index is 0.177. The van der Waals surface area contributed by atoms with E-state index >= 15 is 0 Å². The normalized spacial score (nSPS) is 15.8. The van der Waals surface area contributed by atoms with Gasteiger partial charge in [-0.05, 0) is 54.7 Å².